The van der Waals surface area contributed by atoms with Gasteiger partial charge in [0.15, 0.2) is 17.3 Å². The maximum Gasteiger partial charge on any atom is 0.416 e. The van der Waals surface area contributed by atoms with Crippen molar-refractivity contribution in [3.63, 3.8) is 0 Å². The normalized spacial score (nSPS) is 16.9. The number of aromatic nitrogens is 2. The van der Waals surface area contributed by atoms with Crippen LogP contribution in [0, 0.1) is 5.82 Å². The number of hydrogen-bond acceptors (Lipinski definition) is 8. The Labute approximate surface area is 222 Å². The third kappa shape index (κ3) is 5.63. The van der Waals surface area contributed by atoms with Crippen molar-refractivity contribution < 1.29 is 31.8 Å². The predicted molar refractivity (Wildman–Crippen MR) is 138 cm³/mol. The molecule has 0 bridgehead atoms. The van der Waals surface area contributed by atoms with Gasteiger partial charge in [-0.25, -0.2) is 9.37 Å². The first kappa shape index (κ1) is 28.1. The number of benzene rings is 2. The molecule has 1 aromatic heterocycles. The number of piperazine rings is 1. The third-order valence-electron chi connectivity index (χ3n) is 6.92. The molecule has 4 N–H and O–H groups in total. The molecule has 2 aromatic carbocycles. The SMILES string of the molecule is CCC1CN(C(=O)CC(N)c2ccc(C(F)(F)F)cc2)CCN1c1nc(N)c2cc(OC)c(OC)c(F)c2n1. The van der Waals surface area contributed by atoms with Crippen LogP contribution in [0.5, 0.6) is 11.5 Å². The number of anilines is 2. The zero-order chi connectivity index (χ0) is 28.5. The lowest BCUT2D eigenvalue weighted by molar-refractivity contribution is -0.137. The number of nitrogens with zero attached hydrogens (tertiary/aromatic N) is 4. The van der Waals surface area contributed by atoms with Crippen LogP contribution in [-0.4, -0.2) is 60.7 Å². The monoisotopic (exact) mass is 550 g/mol. The minimum Gasteiger partial charge on any atom is -0.493 e. The second-order valence-corrected chi connectivity index (χ2v) is 9.26. The molecule has 1 fully saturated rings. The Morgan fingerprint density at radius 2 is 1.85 bits per heavy atom. The van der Waals surface area contributed by atoms with Crippen LogP contribution in [0.2, 0.25) is 0 Å². The van der Waals surface area contributed by atoms with E-state index in [1.807, 2.05) is 11.8 Å². The van der Waals surface area contributed by atoms with E-state index >= 15 is 4.39 Å². The number of fused-ring (bicyclic) bond motifs is 1. The smallest absolute Gasteiger partial charge is 0.416 e. The number of halogens is 4. The molecule has 2 heterocycles. The van der Waals surface area contributed by atoms with Crippen molar-refractivity contribution in [1.82, 2.24) is 14.9 Å². The molecule has 13 heteroatoms. The number of rotatable bonds is 7. The fraction of sp³-hybridized carbons (Fsp3) is 0.423. The number of nitrogens with two attached hydrogens (primary N) is 2. The number of methoxy groups -OCH3 is 2. The van der Waals surface area contributed by atoms with Crippen molar-refractivity contribution >= 4 is 28.6 Å². The predicted octanol–water partition coefficient (Wildman–Crippen LogP) is 3.90. The summed E-state index contributed by atoms with van der Waals surface area (Å²) in [5.74, 6) is -0.569. The van der Waals surface area contributed by atoms with Crippen molar-refractivity contribution in [2.24, 2.45) is 5.73 Å². The summed E-state index contributed by atoms with van der Waals surface area (Å²) in [6, 6.07) is 5.06. The van der Waals surface area contributed by atoms with Gasteiger partial charge in [0, 0.05) is 43.5 Å². The van der Waals surface area contributed by atoms with Crippen LogP contribution >= 0.6 is 0 Å². The van der Waals surface area contributed by atoms with Crippen molar-refractivity contribution in [2.45, 2.75) is 38.0 Å². The first-order valence-electron chi connectivity index (χ1n) is 12.3. The molecular weight excluding hydrogens is 520 g/mol. The summed E-state index contributed by atoms with van der Waals surface area (Å²) in [7, 11) is 2.71. The van der Waals surface area contributed by atoms with Gasteiger partial charge >= 0.3 is 6.18 Å². The quantitative estimate of drug-likeness (QED) is 0.425. The summed E-state index contributed by atoms with van der Waals surface area (Å²) < 4.78 is 64.1. The maximum absolute atomic E-state index is 15.2. The van der Waals surface area contributed by atoms with E-state index in [1.165, 1.54) is 32.4 Å². The van der Waals surface area contributed by atoms with E-state index < -0.39 is 23.6 Å². The highest BCUT2D eigenvalue weighted by atomic mass is 19.4. The van der Waals surface area contributed by atoms with Gasteiger partial charge in [-0.15, -0.1) is 0 Å². The molecule has 2 atom stereocenters. The zero-order valence-corrected chi connectivity index (χ0v) is 21.8. The van der Waals surface area contributed by atoms with Gasteiger partial charge in [-0.1, -0.05) is 19.1 Å². The molecule has 39 heavy (non-hydrogen) atoms. The summed E-state index contributed by atoms with van der Waals surface area (Å²) in [6.45, 7) is 2.97. The summed E-state index contributed by atoms with van der Waals surface area (Å²) in [6.07, 6.45) is -3.88. The average molecular weight is 551 g/mol. The molecule has 3 aromatic rings. The molecule has 0 radical (unpaired) electrons. The van der Waals surface area contributed by atoms with Gasteiger partial charge in [0.2, 0.25) is 11.9 Å². The van der Waals surface area contributed by atoms with Gasteiger partial charge in [0.25, 0.3) is 0 Å². The molecule has 9 nitrogen and oxygen atoms in total. The first-order chi connectivity index (χ1) is 18.5. The minimum atomic E-state index is -4.45. The van der Waals surface area contributed by atoms with Gasteiger partial charge < -0.3 is 30.7 Å². The van der Waals surface area contributed by atoms with Crippen LogP contribution in [0.25, 0.3) is 10.9 Å². The Kier molecular flexibility index (Phi) is 8.00. The zero-order valence-electron chi connectivity index (χ0n) is 21.8. The fourth-order valence-electron chi connectivity index (χ4n) is 4.72. The van der Waals surface area contributed by atoms with Crippen LogP contribution in [0.3, 0.4) is 0 Å². The van der Waals surface area contributed by atoms with E-state index in [4.69, 9.17) is 20.9 Å². The number of carbonyl (C=O) groups excluding carboxylic acids is 1. The van der Waals surface area contributed by atoms with Crippen LogP contribution < -0.4 is 25.8 Å². The van der Waals surface area contributed by atoms with Crippen LogP contribution in [0.15, 0.2) is 30.3 Å². The fourth-order valence-corrected chi connectivity index (χ4v) is 4.72. The van der Waals surface area contributed by atoms with Gasteiger partial charge in [-0.3, -0.25) is 4.79 Å². The Hall–Kier alpha value is -3.87. The van der Waals surface area contributed by atoms with Crippen LogP contribution in [0.4, 0.5) is 29.3 Å². The van der Waals surface area contributed by atoms with Crippen molar-refractivity contribution in [1.29, 1.82) is 0 Å². The molecule has 210 valence electrons. The van der Waals surface area contributed by atoms with E-state index in [0.29, 0.717) is 31.6 Å². The van der Waals surface area contributed by atoms with Gasteiger partial charge in [0.05, 0.1) is 19.8 Å². The average Bonchev–Trinajstić information content (AvgIpc) is 2.92. The number of ether oxygens (including phenoxy) is 2. The summed E-state index contributed by atoms with van der Waals surface area (Å²) in [5.41, 5.74) is 12.0. The third-order valence-corrected chi connectivity index (χ3v) is 6.92. The van der Waals surface area contributed by atoms with Crippen molar-refractivity contribution in [3.05, 3.63) is 47.3 Å². The van der Waals surface area contributed by atoms with Crippen LogP contribution in [-0.2, 0) is 11.0 Å². The number of nitrogen functional groups attached to an aromatic ring is 1. The lowest BCUT2D eigenvalue weighted by atomic mass is 10.0. The molecule has 1 saturated heterocycles. The molecule has 0 aliphatic carbocycles. The van der Waals surface area contributed by atoms with Crippen LogP contribution in [0.1, 0.15) is 36.9 Å². The molecule has 1 aliphatic rings. The van der Waals surface area contributed by atoms with Crippen molar-refractivity contribution in [3.8, 4) is 11.5 Å². The first-order valence-corrected chi connectivity index (χ1v) is 12.3. The van der Waals surface area contributed by atoms with E-state index in [0.717, 1.165) is 12.1 Å². The number of alkyl halides is 3. The second kappa shape index (κ2) is 11.1. The molecule has 0 saturated carbocycles. The summed E-state index contributed by atoms with van der Waals surface area (Å²) >= 11 is 0. The largest absolute Gasteiger partial charge is 0.493 e. The highest BCUT2D eigenvalue weighted by molar-refractivity contribution is 5.92. The summed E-state index contributed by atoms with van der Waals surface area (Å²) in [5, 5.41) is 0.285. The van der Waals surface area contributed by atoms with E-state index in [2.05, 4.69) is 9.97 Å². The highest BCUT2D eigenvalue weighted by Crippen LogP contribution is 2.38. The highest BCUT2D eigenvalue weighted by Gasteiger charge is 2.33. The molecule has 4 rings (SSSR count). The number of carbonyl (C=O) groups is 1. The Balaban J connectivity index is 1.50. The molecule has 0 spiro atoms. The number of amides is 1. The standard InChI is InChI=1S/C26H30F4N6O3/c1-4-16-13-35(20(37)12-18(31)14-5-7-15(8-6-14)26(28,29)30)9-10-36(16)25-33-22-17(24(32)34-25)11-19(38-2)23(39-3)21(22)27/h5-8,11,16,18H,4,9-10,12-13,31H2,1-3H3,(H2,32,33,34). The Morgan fingerprint density at radius 3 is 2.44 bits per heavy atom. The number of hydrogen-bond donors (Lipinski definition) is 2. The van der Waals surface area contributed by atoms with E-state index in [-0.39, 0.29) is 52.5 Å². The summed E-state index contributed by atoms with van der Waals surface area (Å²) in [4.78, 5) is 25.4. The van der Waals surface area contributed by atoms with Gasteiger partial charge in [-0.05, 0) is 30.2 Å². The topological polar surface area (TPSA) is 120 Å². The Morgan fingerprint density at radius 1 is 1.15 bits per heavy atom. The van der Waals surface area contributed by atoms with E-state index in [9.17, 15) is 18.0 Å². The minimum absolute atomic E-state index is 0.00831. The molecule has 1 aliphatic heterocycles. The van der Waals surface area contributed by atoms with Gasteiger partial charge in [0.1, 0.15) is 11.3 Å². The Bertz CT molecular complexity index is 1350. The maximum atomic E-state index is 15.2. The van der Waals surface area contributed by atoms with Gasteiger partial charge in [-0.2, -0.15) is 18.2 Å². The molecular formula is C26H30F4N6O3. The lowest BCUT2D eigenvalue weighted by Crippen LogP contribution is -2.55. The van der Waals surface area contributed by atoms with E-state index in [1.54, 1.807) is 4.90 Å². The molecule has 1 amide bonds. The second-order valence-electron chi connectivity index (χ2n) is 9.26. The lowest BCUT2D eigenvalue weighted by Gasteiger charge is -2.41. The van der Waals surface area contributed by atoms with Crippen molar-refractivity contribution in [2.75, 3.05) is 44.5 Å². The molecule has 2 unspecified atom stereocenters.